The van der Waals surface area contributed by atoms with Gasteiger partial charge < -0.3 is 9.32 Å². The number of hydrogen-bond donors (Lipinski definition) is 0. The third-order valence-corrected chi connectivity index (χ3v) is 6.11. The van der Waals surface area contributed by atoms with Crippen LogP contribution in [0.3, 0.4) is 0 Å². The predicted molar refractivity (Wildman–Crippen MR) is 93.9 cm³/mol. The van der Waals surface area contributed by atoms with E-state index in [1.54, 1.807) is 0 Å². The first-order valence-corrected chi connectivity index (χ1v) is 8.79. The molecule has 0 amide bonds. The van der Waals surface area contributed by atoms with E-state index in [1.165, 1.54) is 42.3 Å². The van der Waals surface area contributed by atoms with E-state index in [4.69, 9.17) is 4.42 Å². The number of furan rings is 1. The van der Waals surface area contributed by atoms with Crippen LogP contribution >= 0.6 is 0 Å². The van der Waals surface area contributed by atoms with Gasteiger partial charge in [0.1, 0.15) is 0 Å². The molecular weight excluding hydrogens is 284 g/mol. The molecule has 2 saturated heterocycles. The second-order valence-electron chi connectivity index (χ2n) is 7.28. The van der Waals surface area contributed by atoms with Crippen molar-refractivity contribution in [1.82, 2.24) is 4.98 Å². The van der Waals surface area contributed by atoms with Crippen molar-refractivity contribution >= 4 is 27.8 Å². The molecule has 23 heavy (non-hydrogen) atoms. The molecule has 3 heteroatoms. The van der Waals surface area contributed by atoms with E-state index in [0.29, 0.717) is 12.1 Å². The molecule has 2 bridgehead atoms. The third kappa shape index (κ3) is 1.79. The van der Waals surface area contributed by atoms with Crippen molar-refractivity contribution in [2.45, 2.75) is 51.6 Å². The largest absolute Gasteiger partial charge is 0.436 e. The molecule has 3 nitrogen and oxygen atoms in total. The van der Waals surface area contributed by atoms with Gasteiger partial charge in [-0.3, -0.25) is 0 Å². The first-order chi connectivity index (χ1) is 11.2. The Kier molecular flexibility index (Phi) is 2.76. The number of rotatable bonds is 1. The van der Waals surface area contributed by atoms with Crippen LogP contribution in [0.15, 0.2) is 34.9 Å². The average molecular weight is 306 g/mol. The van der Waals surface area contributed by atoms with E-state index in [9.17, 15) is 0 Å². The second kappa shape index (κ2) is 4.73. The maximum absolute atomic E-state index is 6.22. The summed E-state index contributed by atoms with van der Waals surface area (Å²) in [6.07, 6.45) is 7.23. The first kappa shape index (κ1) is 13.4. The predicted octanol–water partition coefficient (Wildman–Crippen LogP) is 5.06. The van der Waals surface area contributed by atoms with Crippen LogP contribution in [0.4, 0.5) is 5.69 Å². The summed E-state index contributed by atoms with van der Waals surface area (Å²) in [6.45, 7) is 4.61. The number of anilines is 1. The fourth-order valence-electron chi connectivity index (χ4n) is 4.89. The molecule has 1 saturated carbocycles. The van der Waals surface area contributed by atoms with Crippen LogP contribution in [-0.4, -0.2) is 17.1 Å². The minimum atomic E-state index is 0.605. The summed E-state index contributed by atoms with van der Waals surface area (Å²) >= 11 is 0. The van der Waals surface area contributed by atoms with Gasteiger partial charge in [-0.25, -0.2) is 4.98 Å². The molecule has 0 N–H and O–H groups in total. The van der Waals surface area contributed by atoms with Crippen molar-refractivity contribution in [2.24, 2.45) is 5.92 Å². The number of nitrogens with zero attached hydrogens (tertiary/aromatic N) is 2. The Morgan fingerprint density at radius 2 is 1.91 bits per heavy atom. The lowest BCUT2D eigenvalue weighted by Crippen LogP contribution is -2.54. The van der Waals surface area contributed by atoms with Gasteiger partial charge in [0.05, 0.1) is 5.69 Å². The van der Waals surface area contributed by atoms with Crippen molar-refractivity contribution in [3.05, 3.63) is 36.0 Å². The zero-order chi connectivity index (χ0) is 15.6. The number of pyridine rings is 1. The summed E-state index contributed by atoms with van der Waals surface area (Å²) in [5.41, 5.74) is 4.40. The Hall–Kier alpha value is -2.03. The first-order valence-electron chi connectivity index (χ1n) is 8.79. The van der Waals surface area contributed by atoms with Crippen molar-refractivity contribution in [1.29, 1.82) is 0 Å². The topological polar surface area (TPSA) is 29.3 Å². The number of benzene rings is 1. The van der Waals surface area contributed by atoms with E-state index in [-0.39, 0.29) is 0 Å². The lowest BCUT2D eigenvalue weighted by Gasteiger charge is -2.52. The van der Waals surface area contributed by atoms with E-state index in [0.717, 1.165) is 22.6 Å². The minimum absolute atomic E-state index is 0.605. The molecule has 4 heterocycles. The molecule has 0 radical (unpaired) electrons. The third-order valence-electron chi connectivity index (χ3n) is 6.11. The smallest absolute Gasteiger partial charge is 0.227 e. The molecule has 1 aliphatic carbocycles. The Balaban J connectivity index is 1.79. The number of hydrogen-bond acceptors (Lipinski definition) is 3. The van der Waals surface area contributed by atoms with E-state index < -0.39 is 0 Å². The number of fused-ring (bicyclic) bond motifs is 6. The molecule has 0 spiro atoms. The molecule has 2 aliphatic heterocycles. The lowest BCUT2D eigenvalue weighted by molar-refractivity contribution is 0.200. The van der Waals surface area contributed by atoms with Crippen LogP contribution in [0.5, 0.6) is 0 Å². The minimum Gasteiger partial charge on any atom is -0.436 e. The number of aryl methyl sites for hydroxylation is 1. The monoisotopic (exact) mass is 306 g/mol. The zero-order valence-corrected chi connectivity index (χ0v) is 13.7. The van der Waals surface area contributed by atoms with Gasteiger partial charge in [-0.05, 0) is 63.1 Å². The van der Waals surface area contributed by atoms with Gasteiger partial charge in [-0.1, -0.05) is 12.1 Å². The number of aromatic nitrogens is 1. The quantitative estimate of drug-likeness (QED) is 0.629. The molecule has 1 aromatic carbocycles. The summed E-state index contributed by atoms with van der Waals surface area (Å²) in [5.74, 6) is 0.831. The molecule has 118 valence electrons. The molecule has 1 atom stereocenters. The Labute approximate surface area is 136 Å². The molecule has 2 aromatic heterocycles. The SMILES string of the molecule is Cc1ccc2c(oc3ncccc32)c1N1C2CCC(CC2)[C@@H]1C. The highest BCUT2D eigenvalue weighted by atomic mass is 16.3. The fourth-order valence-corrected chi connectivity index (χ4v) is 4.89. The zero-order valence-electron chi connectivity index (χ0n) is 13.7. The maximum atomic E-state index is 6.22. The molecule has 3 aliphatic rings. The second-order valence-corrected chi connectivity index (χ2v) is 7.28. The summed E-state index contributed by atoms with van der Waals surface area (Å²) < 4.78 is 6.22. The van der Waals surface area contributed by atoms with Gasteiger partial charge in [0.25, 0.3) is 0 Å². The Bertz CT molecular complexity index is 887. The van der Waals surface area contributed by atoms with Crippen LogP contribution in [0, 0.1) is 12.8 Å². The van der Waals surface area contributed by atoms with Crippen LogP contribution in [0.1, 0.15) is 38.2 Å². The van der Waals surface area contributed by atoms with Gasteiger partial charge in [-0.2, -0.15) is 0 Å². The average Bonchev–Trinajstić information content (AvgIpc) is 2.95. The molecular formula is C20H22N2O. The van der Waals surface area contributed by atoms with Crippen molar-refractivity contribution in [2.75, 3.05) is 4.90 Å². The van der Waals surface area contributed by atoms with Crippen molar-refractivity contribution in [3.8, 4) is 0 Å². The van der Waals surface area contributed by atoms with Crippen molar-refractivity contribution in [3.63, 3.8) is 0 Å². The fraction of sp³-hybridized carbons (Fsp3) is 0.450. The highest BCUT2D eigenvalue weighted by Gasteiger charge is 2.40. The van der Waals surface area contributed by atoms with E-state index in [1.807, 2.05) is 12.3 Å². The molecule has 3 fully saturated rings. The molecule has 0 unspecified atom stereocenters. The summed E-state index contributed by atoms with van der Waals surface area (Å²) in [4.78, 5) is 7.08. The normalized spacial score (nSPS) is 27.2. The van der Waals surface area contributed by atoms with Crippen LogP contribution < -0.4 is 4.90 Å². The van der Waals surface area contributed by atoms with Gasteiger partial charge in [0, 0.05) is 29.1 Å². The van der Waals surface area contributed by atoms with E-state index >= 15 is 0 Å². The Morgan fingerprint density at radius 1 is 1.09 bits per heavy atom. The van der Waals surface area contributed by atoms with Gasteiger partial charge in [0.2, 0.25) is 5.71 Å². The van der Waals surface area contributed by atoms with Crippen LogP contribution in [0.2, 0.25) is 0 Å². The summed E-state index contributed by atoms with van der Waals surface area (Å²) in [5, 5.41) is 2.32. The van der Waals surface area contributed by atoms with Crippen LogP contribution in [-0.2, 0) is 0 Å². The molecule has 3 aromatic rings. The van der Waals surface area contributed by atoms with Gasteiger partial charge in [-0.15, -0.1) is 0 Å². The van der Waals surface area contributed by atoms with Gasteiger partial charge >= 0.3 is 0 Å². The molecule has 6 rings (SSSR count). The Morgan fingerprint density at radius 3 is 2.70 bits per heavy atom. The lowest BCUT2D eigenvalue weighted by atomic mass is 9.74. The number of piperidine rings is 2. The highest BCUT2D eigenvalue weighted by Crippen LogP contribution is 2.46. The summed E-state index contributed by atoms with van der Waals surface area (Å²) in [6, 6.07) is 9.80. The van der Waals surface area contributed by atoms with E-state index in [2.05, 4.69) is 41.9 Å². The summed E-state index contributed by atoms with van der Waals surface area (Å²) in [7, 11) is 0. The van der Waals surface area contributed by atoms with Crippen molar-refractivity contribution < 1.29 is 4.42 Å². The van der Waals surface area contributed by atoms with Gasteiger partial charge in [0.15, 0.2) is 5.58 Å². The standard InChI is InChI=1S/C20H22N2O/c1-12-5-10-16-17-4-3-11-21-20(17)23-19(16)18(12)22-13(2)14-6-8-15(22)9-7-14/h3-5,10-11,13-15H,6-9H2,1-2H3/t13-,14?,15?/m0/s1. The highest BCUT2D eigenvalue weighted by molar-refractivity contribution is 6.08. The van der Waals surface area contributed by atoms with Crippen LogP contribution in [0.25, 0.3) is 22.1 Å². The maximum Gasteiger partial charge on any atom is 0.227 e.